The van der Waals surface area contributed by atoms with E-state index in [9.17, 15) is 4.79 Å². The highest BCUT2D eigenvalue weighted by atomic mass is 79.9. The molecule has 0 saturated carbocycles. The summed E-state index contributed by atoms with van der Waals surface area (Å²) in [6.07, 6.45) is 1.13. The molecule has 1 aromatic rings. The van der Waals surface area contributed by atoms with E-state index in [1.165, 1.54) is 6.54 Å². The Bertz CT molecular complexity index is 480. The van der Waals surface area contributed by atoms with Crippen LogP contribution in [-0.4, -0.2) is 29.3 Å². The molecule has 102 valence electrons. The zero-order valence-electron chi connectivity index (χ0n) is 10.4. The Kier molecular flexibility index (Phi) is 3.71. The molecule has 1 N–H and O–H groups in total. The number of alkyl halides is 2. The van der Waals surface area contributed by atoms with Gasteiger partial charge in [-0.2, -0.15) is 0 Å². The summed E-state index contributed by atoms with van der Waals surface area (Å²) >= 11 is 6.46. The van der Waals surface area contributed by atoms with Crippen molar-refractivity contribution in [2.24, 2.45) is 5.92 Å². The fourth-order valence-corrected chi connectivity index (χ4v) is 3.65. The van der Waals surface area contributed by atoms with Gasteiger partial charge in [-0.15, -0.1) is 0 Å². The van der Waals surface area contributed by atoms with Crippen LogP contribution < -0.4 is 4.90 Å². The molecule has 0 radical (unpaired) electrons. The molecule has 3 unspecified atom stereocenters. The molecule has 2 aliphatic heterocycles. The summed E-state index contributed by atoms with van der Waals surface area (Å²) in [6.45, 7) is 3.19. The van der Waals surface area contributed by atoms with Gasteiger partial charge in [0.1, 0.15) is 6.54 Å². The lowest BCUT2D eigenvalue weighted by molar-refractivity contribution is -0.883. The topological polar surface area (TPSA) is 30.7 Å². The van der Waals surface area contributed by atoms with Gasteiger partial charge in [-0.05, 0) is 0 Å². The third-order valence-corrected chi connectivity index (χ3v) is 5.02. The van der Waals surface area contributed by atoms with E-state index in [4.69, 9.17) is 4.74 Å². The van der Waals surface area contributed by atoms with Crippen molar-refractivity contribution in [3.8, 4) is 0 Å². The third kappa shape index (κ3) is 2.36. The Labute approximate surface area is 129 Å². The molecule has 3 rings (SSSR count). The van der Waals surface area contributed by atoms with Crippen LogP contribution in [0.5, 0.6) is 0 Å². The highest BCUT2D eigenvalue weighted by Crippen LogP contribution is 2.40. The van der Waals surface area contributed by atoms with Gasteiger partial charge < -0.3 is 9.64 Å². The Morgan fingerprint density at radius 3 is 2.63 bits per heavy atom. The zero-order chi connectivity index (χ0) is 13.5. The van der Waals surface area contributed by atoms with Crippen molar-refractivity contribution in [3.63, 3.8) is 0 Å². The largest absolute Gasteiger partial charge is 0.446 e. The molecule has 3 nitrogen and oxygen atoms in total. The number of quaternary nitrogens is 1. The minimum atomic E-state index is -0.440. The van der Waals surface area contributed by atoms with E-state index in [0.717, 1.165) is 25.1 Å². The number of esters is 1. The van der Waals surface area contributed by atoms with Gasteiger partial charge in [-0.1, -0.05) is 62.2 Å². The monoisotopic (exact) mass is 388 g/mol. The number of ether oxygens (including phenoxy) is 1. The number of halogens is 2. The van der Waals surface area contributed by atoms with Crippen molar-refractivity contribution in [2.75, 3.05) is 19.6 Å². The summed E-state index contributed by atoms with van der Waals surface area (Å²) in [5, 5.41) is 0. The second-order valence-electron chi connectivity index (χ2n) is 5.34. The minimum Gasteiger partial charge on any atom is -0.446 e. The normalized spacial score (nSPS) is 32.8. The summed E-state index contributed by atoms with van der Waals surface area (Å²) in [5.74, 6) is 0.199. The van der Waals surface area contributed by atoms with Crippen LogP contribution in [0, 0.1) is 5.92 Å². The van der Waals surface area contributed by atoms with Crippen LogP contribution in [0.1, 0.15) is 12.0 Å². The lowest BCUT2D eigenvalue weighted by Crippen LogP contribution is -3.09. The number of carbonyl (C=O) groups is 1. The van der Waals surface area contributed by atoms with Crippen molar-refractivity contribution in [2.45, 2.75) is 15.8 Å². The molecule has 2 heterocycles. The third-order valence-electron chi connectivity index (χ3n) is 4.28. The van der Waals surface area contributed by atoms with Crippen LogP contribution in [0.2, 0.25) is 0 Å². The second-order valence-corrected chi connectivity index (χ2v) is 8.40. The number of nitrogens with one attached hydrogen (secondary N) is 1. The molecular weight excluding hydrogens is 374 g/mol. The quantitative estimate of drug-likeness (QED) is 0.626. The standard InChI is InChI=1S/C14H15Br2NO2/c15-12(16)13(18)19-14(10-4-2-1-3-5-10)9-17-7-6-11(14)8-17/h1-5,11-12H,6-9H2/p+1. The van der Waals surface area contributed by atoms with E-state index in [2.05, 4.69) is 44.0 Å². The molecule has 2 bridgehead atoms. The first-order valence-electron chi connectivity index (χ1n) is 6.52. The number of carbonyl (C=O) groups excluding carboxylic acids is 1. The van der Waals surface area contributed by atoms with Gasteiger partial charge in [-0.3, -0.25) is 0 Å². The highest BCUT2D eigenvalue weighted by molar-refractivity contribution is 9.25. The maximum atomic E-state index is 12.0. The molecule has 0 aliphatic carbocycles. The van der Waals surface area contributed by atoms with E-state index in [0.29, 0.717) is 5.92 Å². The Morgan fingerprint density at radius 1 is 1.37 bits per heavy atom. The number of rotatable bonds is 3. The number of benzene rings is 1. The van der Waals surface area contributed by atoms with Gasteiger partial charge in [0, 0.05) is 12.0 Å². The van der Waals surface area contributed by atoms with E-state index >= 15 is 0 Å². The summed E-state index contributed by atoms with van der Waals surface area (Å²) in [6, 6.07) is 10.2. The smallest absolute Gasteiger partial charge is 0.331 e. The van der Waals surface area contributed by atoms with Gasteiger partial charge in [0.2, 0.25) is 0 Å². The van der Waals surface area contributed by atoms with E-state index in [1.807, 2.05) is 18.2 Å². The van der Waals surface area contributed by atoms with Crippen molar-refractivity contribution in [1.82, 2.24) is 0 Å². The summed E-state index contributed by atoms with van der Waals surface area (Å²) in [7, 11) is 0. The Morgan fingerprint density at radius 2 is 2.11 bits per heavy atom. The first kappa shape index (κ1) is 13.6. The Hall–Kier alpha value is -0.390. The van der Waals surface area contributed by atoms with Crippen LogP contribution in [0.4, 0.5) is 0 Å². The van der Waals surface area contributed by atoms with Crippen molar-refractivity contribution in [1.29, 1.82) is 0 Å². The van der Waals surface area contributed by atoms with Crippen molar-refractivity contribution in [3.05, 3.63) is 35.9 Å². The fourth-order valence-electron chi connectivity index (χ4n) is 3.47. The lowest BCUT2D eigenvalue weighted by Gasteiger charge is -2.34. The molecule has 2 aliphatic rings. The predicted octanol–water partition coefficient (Wildman–Crippen LogP) is 1.46. The van der Waals surface area contributed by atoms with E-state index < -0.39 is 9.34 Å². The van der Waals surface area contributed by atoms with E-state index in [-0.39, 0.29) is 5.97 Å². The second kappa shape index (κ2) is 5.19. The molecule has 3 atom stereocenters. The molecule has 0 aromatic heterocycles. The molecular formula is C14H16Br2NO2+. The van der Waals surface area contributed by atoms with Gasteiger partial charge in [0.25, 0.3) is 0 Å². The van der Waals surface area contributed by atoms with Crippen molar-refractivity contribution < 1.29 is 14.4 Å². The van der Waals surface area contributed by atoms with Crippen molar-refractivity contribution >= 4 is 37.8 Å². The first-order valence-corrected chi connectivity index (χ1v) is 8.35. The van der Waals surface area contributed by atoms with Gasteiger partial charge in [0.05, 0.1) is 19.0 Å². The number of piperidine rings is 1. The zero-order valence-corrected chi connectivity index (χ0v) is 13.6. The number of fused-ring (bicyclic) bond motifs is 2. The average Bonchev–Trinajstić information content (AvgIpc) is 3.00. The van der Waals surface area contributed by atoms with Crippen LogP contribution >= 0.6 is 31.9 Å². The van der Waals surface area contributed by atoms with Gasteiger partial charge in [-0.25, -0.2) is 4.79 Å². The van der Waals surface area contributed by atoms with Crippen LogP contribution in [0.3, 0.4) is 0 Å². The maximum absolute atomic E-state index is 12.0. The molecule has 2 saturated heterocycles. The lowest BCUT2D eigenvalue weighted by atomic mass is 9.81. The molecule has 0 amide bonds. The van der Waals surface area contributed by atoms with E-state index in [1.54, 1.807) is 4.90 Å². The first-order chi connectivity index (χ1) is 9.12. The molecule has 2 fully saturated rings. The summed E-state index contributed by atoms with van der Waals surface area (Å²) in [4.78, 5) is 13.6. The molecule has 0 spiro atoms. The summed E-state index contributed by atoms with van der Waals surface area (Å²) in [5.41, 5.74) is 0.690. The molecule has 19 heavy (non-hydrogen) atoms. The predicted molar refractivity (Wildman–Crippen MR) is 79.5 cm³/mol. The maximum Gasteiger partial charge on any atom is 0.331 e. The fraction of sp³-hybridized carbons (Fsp3) is 0.500. The Balaban J connectivity index is 1.95. The SMILES string of the molecule is O=C(OC1(c2ccccc2)C[NH+]2CCC1C2)C(Br)Br. The average molecular weight is 390 g/mol. The highest BCUT2D eigenvalue weighted by Gasteiger charge is 2.58. The molecule has 5 heteroatoms. The summed E-state index contributed by atoms with van der Waals surface area (Å²) < 4.78 is 5.49. The number of hydrogen-bond donors (Lipinski definition) is 1. The van der Waals surface area contributed by atoms with Gasteiger partial charge >= 0.3 is 5.97 Å². The minimum absolute atomic E-state index is 0.239. The molecule has 1 aromatic carbocycles. The number of hydrogen-bond acceptors (Lipinski definition) is 2. The van der Waals surface area contributed by atoms with Crippen LogP contribution in [0.15, 0.2) is 30.3 Å². The van der Waals surface area contributed by atoms with Crippen LogP contribution in [0.25, 0.3) is 0 Å². The van der Waals surface area contributed by atoms with Gasteiger partial charge in [0.15, 0.2) is 9.34 Å². The van der Waals surface area contributed by atoms with Crippen LogP contribution in [-0.2, 0) is 15.1 Å².